The van der Waals surface area contributed by atoms with E-state index >= 15 is 0 Å². The Balaban J connectivity index is 1.31. The molecule has 3 aliphatic rings. The molecule has 0 aromatic carbocycles. The summed E-state index contributed by atoms with van der Waals surface area (Å²) < 4.78 is 0. The molecule has 4 rings (SSSR count). The molecule has 8 nitrogen and oxygen atoms in total. The number of imide groups is 1. The maximum Gasteiger partial charge on any atom is 0.234 e. The maximum absolute atomic E-state index is 12.8. The molecule has 4 heterocycles. The first-order valence-corrected chi connectivity index (χ1v) is 11.0. The van der Waals surface area contributed by atoms with Crippen LogP contribution in [0.1, 0.15) is 50.0 Å². The van der Waals surface area contributed by atoms with Crippen molar-refractivity contribution in [1.29, 1.82) is 0 Å². The van der Waals surface area contributed by atoms with Gasteiger partial charge in [-0.3, -0.25) is 19.7 Å². The molecule has 0 aliphatic carbocycles. The second-order valence-electron chi connectivity index (χ2n) is 8.65. The van der Waals surface area contributed by atoms with Crippen molar-refractivity contribution >= 4 is 23.5 Å². The number of amides is 3. The largest absolute Gasteiger partial charge is 0.356 e. The molecule has 0 bridgehead atoms. The summed E-state index contributed by atoms with van der Waals surface area (Å²) in [5.74, 6) is 0.620. The number of hydrogen-bond acceptors (Lipinski definition) is 6. The third kappa shape index (κ3) is 4.48. The van der Waals surface area contributed by atoms with Gasteiger partial charge in [-0.05, 0) is 56.8 Å². The van der Waals surface area contributed by atoms with Crippen LogP contribution in [0.4, 0.5) is 5.82 Å². The van der Waals surface area contributed by atoms with E-state index in [1.807, 2.05) is 24.1 Å². The Kier molecular flexibility index (Phi) is 6.32. The number of carbonyl (C=O) groups excluding carboxylic acids is 3. The fourth-order valence-corrected chi connectivity index (χ4v) is 4.82. The minimum atomic E-state index is -0.301. The summed E-state index contributed by atoms with van der Waals surface area (Å²) in [6.45, 7) is 3.59. The zero-order chi connectivity index (χ0) is 21.1. The fourth-order valence-electron chi connectivity index (χ4n) is 4.82. The van der Waals surface area contributed by atoms with E-state index in [0.29, 0.717) is 18.7 Å². The Morgan fingerprint density at radius 3 is 2.47 bits per heavy atom. The summed E-state index contributed by atoms with van der Waals surface area (Å²) in [5.41, 5.74) is 0.853. The normalized spacial score (nSPS) is 23.9. The molecule has 3 amide bonds. The molecular weight excluding hydrogens is 382 g/mol. The van der Waals surface area contributed by atoms with Crippen LogP contribution in [-0.4, -0.2) is 66.9 Å². The van der Waals surface area contributed by atoms with E-state index in [9.17, 15) is 14.4 Å². The molecule has 1 unspecified atom stereocenters. The minimum absolute atomic E-state index is 0.163. The molecule has 30 heavy (non-hydrogen) atoms. The molecule has 3 aliphatic heterocycles. The van der Waals surface area contributed by atoms with Crippen LogP contribution >= 0.6 is 0 Å². The number of piperidine rings is 3. The summed E-state index contributed by atoms with van der Waals surface area (Å²) in [7, 11) is 1.96. The fraction of sp³-hybridized carbons (Fsp3) is 0.636. The Hall–Kier alpha value is -2.48. The Labute approximate surface area is 177 Å². The molecule has 1 aromatic rings. The molecule has 0 spiro atoms. The Morgan fingerprint density at radius 1 is 1.10 bits per heavy atom. The van der Waals surface area contributed by atoms with Crippen LogP contribution in [-0.2, 0) is 14.4 Å². The van der Waals surface area contributed by atoms with Crippen LogP contribution in [0.3, 0.4) is 0 Å². The van der Waals surface area contributed by atoms with Gasteiger partial charge in [0.05, 0.1) is 5.92 Å². The average molecular weight is 414 g/mol. The van der Waals surface area contributed by atoms with E-state index in [2.05, 4.69) is 20.5 Å². The lowest BCUT2D eigenvalue weighted by atomic mass is 9.91. The lowest BCUT2D eigenvalue weighted by Gasteiger charge is -2.39. The number of pyridine rings is 1. The highest BCUT2D eigenvalue weighted by atomic mass is 16.2. The van der Waals surface area contributed by atoms with Crippen LogP contribution in [0.5, 0.6) is 0 Å². The van der Waals surface area contributed by atoms with Crippen molar-refractivity contribution in [3.63, 3.8) is 0 Å². The first kappa shape index (κ1) is 20.8. The van der Waals surface area contributed by atoms with E-state index in [4.69, 9.17) is 0 Å². The lowest BCUT2D eigenvalue weighted by molar-refractivity contribution is -0.137. The van der Waals surface area contributed by atoms with Crippen molar-refractivity contribution in [2.24, 2.45) is 5.92 Å². The van der Waals surface area contributed by atoms with Gasteiger partial charge in [0.1, 0.15) is 5.82 Å². The monoisotopic (exact) mass is 413 g/mol. The molecule has 8 heteroatoms. The predicted molar refractivity (Wildman–Crippen MR) is 113 cm³/mol. The third-order valence-corrected chi connectivity index (χ3v) is 6.78. The Bertz CT molecular complexity index is 782. The zero-order valence-corrected chi connectivity index (χ0v) is 17.6. The minimum Gasteiger partial charge on any atom is -0.356 e. The van der Waals surface area contributed by atoms with Crippen LogP contribution in [0.15, 0.2) is 18.3 Å². The van der Waals surface area contributed by atoms with Gasteiger partial charge in [-0.15, -0.1) is 0 Å². The smallest absolute Gasteiger partial charge is 0.234 e. The van der Waals surface area contributed by atoms with Crippen molar-refractivity contribution in [3.8, 4) is 0 Å². The Morgan fingerprint density at radius 2 is 1.83 bits per heavy atom. The zero-order valence-electron chi connectivity index (χ0n) is 17.6. The summed E-state index contributed by atoms with van der Waals surface area (Å²) in [4.78, 5) is 45.0. The van der Waals surface area contributed by atoms with Crippen LogP contribution in [0, 0.1) is 5.92 Å². The van der Waals surface area contributed by atoms with Crippen LogP contribution < -0.4 is 15.5 Å². The first-order chi connectivity index (χ1) is 14.5. The molecule has 0 saturated carbocycles. The number of nitrogens with zero attached hydrogens (tertiary/aromatic N) is 3. The van der Waals surface area contributed by atoms with Gasteiger partial charge in [0.2, 0.25) is 17.7 Å². The van der Waals surface area contributed by atoms with Gasteiger partial charge in [-0.2, -0.15) is 0 Å². The summed E-state index contributed by atoms with van der Waals surface area (Å²) in [6, 6.07) is 4.19. The SMILES string of the molecule is CN(C(=O)C1CCNCC1)C1CCN(c2ccc(C3CCC(=O)NC3=O)cn2)CC1. The molecule has 0 radical (unpaired) electrons. The molecule has 162 valence electrons. The lowest BCUT2D eigenvalue weighted by Crippen LogP contribution is -2.48. The quantitative estimate of drug-likeness (QED) is 0.716. The molecule has 1 atom stereocenters. The summed E-state index contributed by atoms with van der Waals surface area (Å²) in [5, 5.41) is 5.72. The van der Waals surface area contributed by atoms with Crippen molar-refractivity contribution in [2.45, 2.75) is 50.5 Å². The average Bonchev–Trinajstić information content (AvgIpc) is 2.79. The maximum atomic E-state index is 12.8. The number of rotatable bonds is 4. The number of anilines is 1. The van der Waals surface area contributed by atoms with E-state index in [1.54, 1.807) is 6.20 Å². The second-order valence-corrected chi connectivity index (χ2v) is 8.65. The predicted octanol–water partition coefficient (Wildman–Crippen LogP) is 1.03. The van der Waals surface area contributed by atoms with Crippen LogP contribution in [0.2, 0.25) is 0 Å². The van der Waals surface area contributed by atoms with Crippen molar-refractivity contribution < 1.29 is 14.4 Å². The molecule has 3 saturated heterocycles. The van der Waals surface area contributed by atoms with E-state index in [-0.39, 0.29) is 29.7 Å². The van der Waals surface area contributed by atoms with E-state index in [0.717, 1.165) is 63.2 Å². The third-order valence-electron chi connectivity index (χ3n) is 6.78. The topological polar surface area (TPSA) is 94.6 Å². The molecule has 2 N–H and O–H groups in total. The van der Waals surface area contributed by atoms with Gasteiger partial charge in [-0.25, -0.2) is 4.98 Å². The van der Waals surface area contributed by atoms with Crippen molar-refractivity contribution in [2.75, 3.05) is 38.1 Å². The number of nitrogens with one attached hydrogen (secondary N) is 2. The van der Waals surface area contributed by atoms with Gasteiger partial charge >= 0.3 is 0 Å². The molecular formula is C22H31N5O3. The molecule has 3 fully saturated rings. The molecule has 1 aromatic heterocycles. The van der Waals surface area contributed by atoms with Gasteiger partial charge in [0.15, 0.2) is 0 Å². The second kappa shape index (κ2) is 9.12. The first-order valence-electron chi connectivity index (χ1n) is 11.0. The van der Waals surface area contributed by atoms with E-state index in [1.165, 1.54) is 0 Å². The summed E-state index contributed by atoms with van der Waals surface area (Å²) >= 11 is 0. The van der Waals surface area contributed by atoms with Crippen molar-refractivity contribution in [3.05, 3.63) is 23.9 Å². The number of hydrogen-bond donors (Lipinski definition) is 2. The van der Waals surface area contributed by atoms with E-state index < -0.39 is 0 Å². The van der Waals surface area contributed by atoms with Gasteiger partial charge in [0.25, 0.3) is 0 Å². The van der Waals surface area contributed by atoms with Gasteiger partial charge in [-0.1, -0.05) is 6.07 Å². The highest BCUT2D eigenvalue weighted by molar-refractivity contribution is 6.00. The standard InChI is InChI=1S/C22H31N5O3/c1-26(22(30)15-6-10-23-11-7-15)17-8-12-27(13-9-17)19-4-2-16(14-24-19)18-3-5-20(28)25-21(18)29/h2,4,14-15,17-18,23H,3,5-13H2,1H3,(H,25,28,29). The highest BCUT2D eigenvalue weighted by Gasteiger charge is 2.31. The van der Waals surface area contributed by atoms with Crippen molar-refractivity contribution in [1.82, 2.24) is 20.5 Å². The van der Waals surface area contributed by atoms with Gasteiger partial charge in [0, 0.05) is 44.7 Å². The number of carbonyl (C=O) groups is 3. The highest BCUT2D eigenvalue weighted by Crippen LogP contribution is 2.27. The van der Waals surface area contributed by atoms with Gasteiger partial charge < -0.3 is 15.1 Å². The number of aromatic nitrogens is 1. The summed E-state index contributed by atoms with van der Waals surface area (Å²) in [6.07, 6.45) is 6.41. The van der Waals surface area contributed by atoms with Crippen LogP contribution in [0.25, 0.3) is 0 Å².